The summed E-state index contributed by atoms with van der Waals surface area (Å²) in [5.74, 6) is 0.595. The highest BCUT2D eigenvalue weighted by molar-refractivity contribution is 8.16. The van der Waals surface area contributed by atoms with Gasteiger partial charge in [-0.1, -0.05) is 42.1 Å². The molecule has 1 saturated heterocycles. The van der Waals surface area contributed by atoms with Gasteiger partial charge in [0, 0.05) is 37.9 Å². The van der Waals surface area contributed by atoms with Gasteiger partial charge in [-0.25, -0.2) is 9.79 Å². The molecule has 1 N–H and O–H groups in total. The SMILES string of the molecule is COc1cc(OC)cc(C2C(C(=O)OCc3ccccc3)=C(C)N=C3SC=C(CC(=O)NCCN4CCOCC4)N32)c1. The average Bonchev–Trinajstić information content (AvgIpc) is 3.41. The number of hydrogen-bond acceptors (Lipinski definition) is 10. The van der Waals surface area contributed by atoms with Gasteiger partial charge in [-0.2, -0.15) is 0 Å². The van der Waals surface area contributed by atoms with Crippen molar-refractivity contribution >= 4 is 28.8 Å². The third-order valence-corrected chi connectivity index (χ3v) is 8.21. The number of methoxy groups -OCH3 is 2. The Kier molecular flexibility index (Phi) is 9.83. The number of nitrogens with one attached hydrogen (secondary N) is 1. The normalized spacial score (nSPS) is 18.6. The lowest BCUT2D eigenvalue weighted by Crippen LogP contribution is -2.42. The van der Waals surface area contributed by atoms with Crippen LogP contribution in [0.3, 0.4) is 0 Å². The van der Waals surface area contributed by atoms with Crippen LogP contribution in [-0.4, -0.2) is 80.5 Å². The Morgan fingerprint density at radius 2 is 1.79 bits per heavy atom. The fourth-order valence-electron chi connectivity index (χ4n) is 5.14. The molecule has 0 spiro atoms. The van der Waals surface area contributed by atoms with E-state index in [0.717, 1.165) is 36.5 Å². The summed E-state index contributed by atoms with van der Waals surface area (Å²) in [5.41, 5.74) is 3.34. The van der Waals surface area contributed by atoms with Gasteiger partial charge in [0.25, 0.3) is 0 Å². The first-order valence-corrected chi connectivity index (χ1v) is 14.8. The van der Waals surface area contributed by atoms with Crippen LogP contribution < -0.4 is 14.8 Å². The number of benzene rings is 2. The minimum absolute atomic E-state index is 0.0992. The van der Waals surface area contributed by atoms with E-state index in [4.69, 9.17) is 23.9 Å². The number of allylic oxidation sites excluding steroid dienone is 1. The van der Waals surface area contributed by atoms with Crippen molar-refractivity contribution in [1.82, 2.24) is 15.1 Å². The van der Waals surface area contributed by atoms with Crippen molar-refractivity contribution in [3.63, 3.8) is 0 Å². The van der Waals surface area contributed by atoms with Gasteiger partial charge >= 0.3 is 5.97 Å². The standard InChI is InChI=1S/C31H36N4O6S/c1-21-28(30(37)41-19-22-7-5-4-6-8-22)29(23-15-25(38-2)18-26(16-23)39-3)35-24(20-42-31(35)33-21)17-27(36)32-9-10-34-11-13-40-14-12-34/h4-8,15-16,18,20,29H,9-14,17,19H2,1-3H3,(H,32,36). The Hall–Kier alpha value is -3.80. The molecular weight excluding hydrogens is 556 g/mol. The van der Waals surface area contributed by atoms with Crippen LogP contribution in [0.15, 0.2) is 75.9 Å². The minimum atomic E-state index is -0.604. The molecule has 2 aromatic rings. The van der Waals surface area contributed by atoms with Gasteiger partial charge in [-0.3, -0.25) is 9.69 Å². The first-order valence-electron chi connectivity index (χ1n) is 13.9. The smallest absolute Gasteiger partial charge is 0.338 e. The Bertz CT molecular complexity index is 1360. The predicted molar refractivity (Wildman–Crippen MR) is 161 cm³/mol. The molecule has 1 atom stereocenters. The number of nitrogens with zero attached hydrogens (tertiary/aromatic N) is 3. The number of thioether (sulfide) groups is 1. The van der Waals surface area contributed by atoms with Crippen molar-refractivity contribution in [2.24, 2.45) is 4.99 Å². The van der Waals surface area contributed by atoms with Crippen molar-refractivity contribution in [2.75, 3.05) is 53.6 Å². The zero-order valence-electron chi connectivity index (χ0n) is 24.1. The maximum absolute atomic E-state index is 13.7. The van der Waals surface area contributed by atoms with Crippen molar-refractivity contribution in [3.05, 3.63) is 82.0 Å². The second kappa shape index (κ2) is 13.9. The largest absolute Gasteiger partial charge is 0.497 e. The van der Waals surface area contributed by atoms with Crippen LogP contribution in [0.1, 0.15) is 30.5 Å². The van der Waals surface area contributed by atoms with E-state index >= 15 is 0 Å². The van der Waals surface area contributed by atoms with Gasteiger partial charge in [0.1, 0.15) is 18.1 Å². The summed E-state index contributed by atoms with van der Waals surface area (Å²) in [7, 11) is 3.17. The molecule has 1 amide bonds. The lowest BCUT2D eigenvalue weighted by molar-refractivity contribution is -0.141. The van der Waals surface area contributed by atoms with Gasteiger partial charge in [-0.15, -0.1) is 0 Å². The number of esters is 1. The maximum atomic E-state index is 13.7. The van der Waals surface area contributed by atoms with Gasteiger partial charge in [0.15, 0.2) is 5.17 Å². The highest BCUT2D eigenvalue weighted by Crippen LogP contribution is 2.46. The highest BCUT2D eigenvalue weighted by Gasteiger charge is 2.41. The molecule has 42 heavy (non-hydrogen) atoms. The molecule has 3 heterocycles. The second-order valence-corrected chi connectivity index (χ2v) is 10.9. The lowest BCUT2D eigenvalue weighted by Gasteiger charge is -2.36. The minimum Gasteiger partial charge on any atom is -0.497 e. The molecule has 1 unspecified atom stereocenters. The van der Waals surface area contributed by atoms with Gasteiger partial charge in [0.05, 0.1) is 51.2 Å². The first kappa shape index (κ1) is 29.7. The van der Waals surface area contributed by atoms with E-state index in [2.05, 4.69) is 10.2 Å². The Labute approximate surface area is 250 Å². The van der Waals surface area contributed by atoms with E-state index in [0.29, 0.717) is 47.7 Å². The molecular formula is C31H36N4O6S. The monoisotopic (exact) mass is 592 g/mol. The third kappa shape index (κ3) is 6.97. The van der Waals surface area contributed by atoms with Crippen LogP contribution in [0.25, 0.3) is 0 Å². The summed E-state index contributed by atoms with van der Waals surface area (Å²) in [6, 6.07) is 14.5. The molecule has 11 heteroatoms. The van der Waals surface area contributed by atoms with E-state index in [1.165, 1.54) is 11.8 Å². The fraction of sp³-hybridized carbons (Fsp3) is 0.387. The lowest BCUT2D eigenvalue weighted by atomic mass is 9.93. The molecule has 10 nitrogen and oxygen atoms in total. The summed E-state index contributed by atoms with van der Waals surface area (Å²) in [6.45, 7) is 6.42. The molecule has 3 aliphatic rings. The molecule has 222 valence electrons. The number of carbonyl (C=O) groups excluding carboxylic acids is 2. The summed E-state index contributed by atoms with van der Waals surface area (Å²) in [5, 5.41) is 5.66. The van der Waals surface area contributed by atoms with E-state index in [1.807, 2.05) is 59.7 Å². The molecule has 0 radical (unpaired) electrons. The van der Waals surface area contributed by atoms with Crippen LogP contribution >= 0.6 is 11.8 Å². The number of fused-ring (bicyclic) bond motifs is 1. The second-order valence-electron chi connectivity index (χ2n) is 10.1. The summed E-state index contributed by atoms with van der Waals surface area (Å²) < 4.78 is 22.3. The number of rotatable bonds is 11. The number of carbonyl (C=O) groups is 2. The summed E-state index contributed by atoms with van der Waals surface area (Å²) >= 11 is 1.43. The zero-order valence-corrected chi connectivity index (χ0v) is 24.9. The van der Waals surface area contributed by atoms with Crippen molar-refractivity contribution < 1.29 is 28.5 Å². The maximum Gasteiger partial charge on any atom is 0.338 e. The zero-order chi connectivity index (χ0) is 29.5. The third-order valence-electron chi connectivity index (χ3n) is 7.32. The molecule has 0 bridgehead atoms. The van der Waals surface area contributed by atoms with E-state index in [1.54, 1.807) is 20.3 Å². The van der Waals surface area contributed by atoms with Gasteiger partial charge in [-0.05, 0) is 35.6 Å². The van der Waals surface area contributed by atoms with E-state index in [9.17, 15) is 9.59 Å². The van der Waals surface area contributed by atoms with Crippen molar-refractivity contribution in [1.29, 1.82) is 0 Å². The fourth-order valence-corrected chi connectivity index (χ4v) is 6.10. The number of amides is 1. The number of aliphatic imine (C=N–C) groups is 1. The average molecular weight is 593 g/mol. The predicted octanol–water partition coefficient (Wildman–Crippen LogP) is 3.86. The van der Waals surface area contributed by atoms with E-state index in [-0.39, 0.29) is 18.9 Å². The Balaban J connectivity index is 1.40. The van der Waals surface area contributed by atoms with Crippen LogP contribution in [0.4, 0.5) is 0 Å². The quantitative estimate of drug-likeness (QED) is 0.390. The molecule has 3 aliphatic heterocycles. The van der Waals surface area contributed by atoms with Crippen LogP contribution in [0.5, 0.6) is 11.5 Å². The Morgan fingerprint density at radius 1 is 1.07 bits per heavy atom. The molecule has 5 rings (SSSR count). The molecule has 2 aromatic carbocycles. The first-order chi connectivity index (χ1) is 20.5. The van der Waals surface area contributed by atoms with Crippen molar-refractivity contribution in [3.8, 4) is 11.5 Å². The molecule has 0 saturated carbocycles. The summed E-state index contributed by atoms with van der Waals surface area (Å²) in [6.07, 6.45) is 0.137. The van der Waals surface area contributed by atoms with Gasteiger partial charge < -0.3 is 29.2 Å². The number of morpholine rings is 1. The molecule has 1 fully saturated rings. The topological polar surface area (TPSA) is 102 Å². The van der Waals surface area contributed by atoms with Crippen LogP contribution in [0.2, 0.25) is 0 Å². The van der Waals surface area contributed by atoms with Crippen LogP contribution in [-0.2, 0) is 25.7 Å². The summed E-state index contributed by atoms with van der Waals surface area (Å²) in [4.78, 5) is 35.8. The van der Waals surface area contributed by atoms with E-state index < -0.39 is 12.0 Å². The van der Waals surface area contributed by atoms with Gasteiger partial charge in [0.2, 0.25) is 5.91 Å². The molecule has 0 aliphatic carbocycles. The number of amidine groups is 1. The van der Waals surface area contributed by atoms with Crippen LogP contribution in [0, 0.1) is 0 Å². The molecule has 0 aromatic heterocycles. The van der Waals surface area contributed by atoms with Crippen molar-refractivity contribution in [2.45, 2.75) is 26.0 Å². The Morgan fingerprint density at radius 3 is 2.48 bits per heavy atom. The number of ether oxygens (including phenoxy) is 4. The highest BCUT2D eigenvalue weighted by atomic mass is 32.2. The number of hydrogen-bond donors (Lipinski definition) is 1.